The van der Waals surface area contributed by atoms with Gasteiger partial charge in [-0.05, 0) is 31.5 Å². The Hall–Kier alpha value is -2.45. The van der Waals surface area contributed by atoms with E-state index in [1.54, 1.807) is 6.92 Å². The molecule has 1 aromatic carbocycles. The molecule has 6 nitrogen and oxygen atoms in total. The zero-order valence-corrected chi connectivity index (χ0v) is 15.1. The molecule has 1 aliphatic rings. The fourth-order valence-electron chi connectivity index (χ4n) is 2.97. The molecule has 0 saturated carbocycles. The maximum atomic E-state index is 13.1. The van der Waals surface area contributed by atoms with Gasteiger partial charge in [-0.15, -0.1) is 0 Å². The van der Waals surface area contributed by atoms with Gasteiger partial charge >= 0.3 is 12.1 Å². The number of carboxylic acids is 1. The zero-order chi connectivity index (χ0) is 20.2. The summed E-state index contributed by atoms with van der Waals surface area (Å²) >= 11 is 0. The lowest BCUT2D eigenvalue weighted by molar-refractivity contribution is -0.187. The van der Waals surface area contributed by atoms with Gasteiger partial charge in [0.25, 0.3) is 5.91 Å². The molecule has 0 bridgehead atoms. The lowest BCUT2D eigenvalue weighted by Crippen LogP contribution is -2.34. The van der Waals surface area contributed by atoms with Crippen molar-refractivity contribution >= 4 is 11.9 Å². The summed E-state index contributed by atoms with van der Waals surface area (Å²) in [6.45, 7) is 3.29. The van der Waals surface area contributed by atoms with Crippen LogP contribution in [0.4, 0.5) is 13.2 Å². The minimum absolute atomic E-state index is 0.120. The first-order valence-electron chi connectivity index (χ1n) is 8.67. The first kappa shape index (κ1) is 20.9. The number of ether oxygens (including phenoxy) is 2. The highest BCUT2D eigenvalue weighted by atomic mass is 19.4. The minimum Gasteiger partial charge on any atom is -0.490 e. The second-order valence-corrected chi connectivity index (χ2v) is 6.25. The van der Waals surface area contributed by atoms with Crippen molar-refractivity contribution in [3.63, 3.8) is 0 Å². The molecule has 1 saturated heterocycles. The van der Waals surface area contributed by atoms with E-state index in [0.29, 0.717) is 24.7 Å². The Bertz CT molecular complexity index is 692. The molecule has 2 rings (SSSR count). The van der Waals surface area contributed by atoms with Crippen LogP contribution < -0.4 is 9.47 Å². The highest BCUT2D eigenvalue weighted by Gasteiger charge is 2.53. The largest absolute Gasteiger partial charge is 0.490 e. The normalized spacial score (nSPS) is 19.8. The van der Waals surface area contributed by atoms with Crippen LogP contribution in [0.15, 0.2) is 18.2 Å². The molecule has 1 fully saturated rings. The number of likely N-dealkylation sites (tertiary alicyclic amines) is 1. The molecular formula is C18H22F3NO5. The Kier molecular flexibility index (Phi) is 6.56. The number of carbonyl (C=O) groups excluding carboxylic acids is 1. The summed E-state index contributed by atoms with van der Waals surface area (Å²) < 4.78 is 50.3. The highest BCUT2D eigenvalue weighted by molar-refractivity contribution is 5.95. The number of benzene rings is 1. The molecule has 0 aromatic heterocycles. The van der Waals surface area contributed by atoms with E-state index in [9.17, 15) is 22.8 Å². The first-order chi connectivity index (χ1) is 12.7. The van der Waals surface area contributed by atoms with Gasteiger partial charge in [0, 0.05) is 18.7 Å². The number of nitrogens with zero attached hydrogens (tertiary/aromatic N) is 1. The van der Waals surface area contributed by atoms with Gasteiger partial charge in [0.2, 0.25) is 0 Å². The Morgan fingerprint density at radius 1 is 1.19 bits per heavy atom. The third-order valence-electron chi connectivity index (χ3n) is 4.30. The number of carboxylic acid groups (broad SMARTS) is 1. The van der Waals surface area contributed by atoms with Crippen LogP contribution in [-0.2, 0) is 4.79 Å². The van der Waals surface area contributed by atoms with Crippen molar-refractivity contribution in [2.75, 3.05) is 26.3 Å². The van der Waals surface area contributed by atoms with Gasteiger partial charge in [-0.25, -0.2) is 0 Å². The fourth-order valence-corrected chi connectivity index (χ4v) is 2.97. The Morgan fingerprint density at radius 3 is 2.41 bits per heavy atom. The lowest BCUT2D eigenvalue weighted by atomic mass is 9.96. The minimum atomic E-state index is -4.69. The number of alkyl halides is 3. The Balaban J connectivity index is 2.24. The van der Waals surface area contributed by atoms with Crippen molar-refractivity contribution in [1.82, 2.24) is 4.90 Å². The monoisotopic (exact) mass is 389 g/mol. The summed E-state index contributed by atoms with van der Waals surface area (Å²) in [6, 6.07) is 4.37. The van der Waals surface area contributed by atoms with E-state index in [1.807, 2.05) is 6.92 Å². The number of hydrogen-bond acceptors (Lipinski definition) is 4. The second kappa shape index (κ2) is 8.49. The summed E-state index contributed by atoms with van der Waals surface area (Å²) in [7, 11) is 0. The van der Waals surface area contributed by atoms with Gasteiger partial charge in [0.1, 0.15) is 0 Å². The molecule has 1 N–H and O–H groups in total. The molecule has 0 radical (unpaired) electrons. The van der Waals surface area contributed by atoms with Crippen LogP contribution >= 0.6 is 0 Å². The molecule has 1 amide bonds. The van der Waals surface area contributed by atoms with E-state index in [2.05, 4.69) is 0 Å². The van der Waals surface area contributed by atoms with Crippen LogP contribution in [-0.4, -0.2) is 54.4 Å². The van der Waals surface area contributed by atoms with Crippen molar-refractivity contribution in [3.8, 4) is 11.5 Å². The van der Waals surface area contributed by atoms with Gasteiger partial charge in [0.05, 0.1) is 25.0 Å². The molecule has 150 valence electrons. The van der Waals surface area contributed by atoms with E-state index in [0.717, 1.165) is 11.3 Å². The molecule has 1 heterocycles. The van der Waals surface area contributed by atoms with Crippen molar-refractivity contribution < 1.29 is 37.3 Å². The summed E-state index contributed by atoms with van der Waals surface area (Å²) in [4.78, 5) is 24.7. The van der Waals surface area contributed by atoms with E-state index in [-0.39, 0.29) is 5.56 Å². The number of rotatable bonds is 7. The van der Waals surface area contributed by atoms with E-state index < -0.39 is 43.0 Å². The first-order valence-corrected chi connectivity index (χ1v) is 8.67. The third-order valence-corrected chi connectivity index (χ3v) is 4.30. The number of aliphatic carboxylic acids is 1. The molecule has 1 aliphatic heterocycles. The summed E-state index contributed by atoms with van der Waals surface area (Å²) in [5.74, 6) is -5.24. The van der Waals surface area contributed by atoms with Crippen LogP contribution in [0, 0.1) is 11.8 Å². The number of hydrogen-bond donors (Lipinski definition) is 1. The Labute approximate surface area is 154 Å². The topological polar surface area (TPSA) is 76.1 Å². The SMILES string of the molecule is CCCOc1ccc(C(=O)N2C[C@@H](C(F)(F)F)[C@H](C(=O)O)C2)cc1OCC. The fraction of sp³-hybridized carbons (Fsp3) is 0.556. The maximum absolute atomic E-state index is 13.1. The molecule has 0 aliphatic carbocycles. The van der Waals surface area contributed by atoms with Crippen molar-refractivity contribution in [1.29, 1.82) is 0 Å². The van der Waals surface area contributed by atoms with E-state index >= 15 is 0 Å². The summed E-state index contributed by atoms with van der Waals surface area (Å²) in [5, 5.41) is 9.08. The van der Waals surface area contributed by atoms with E-state index in [1.165, 1.54) is 18.2 Å². The maximum Gasteiger partial charge on any atom is 0.394 e. The van der Waals surface area contributed by atoms with Gasteiger partial charge in [-0.2, -0.15) is 13.2 Å². The van der Waals surface area contributed by atoms with Gasteiger partial charge in [0.15, 0.2) is 11.5 Å². The molecule has 2 atom stereocenters. The predicted octanol–water partition coefficient (Wildman–Crippen LogP) is 3.21. The Morgan fingerprint density at radius 2 is 1.89 bits per heavy atom. The number of amides is 1. The quantitative estimate of drug-likeness (QED) is 0.775. The standard InChI is InChI=1S/C18H22F3NO5/c1-3-7-27-14-6-5-11(8-15(14)26-4-2)16(23)22-9-12(17(24)25)13(10-22)18(19,20)21/h5-6,8,12-13H,3-4,7,9-10H2,1-2H3,(H,24,25)/t12-,13-/m1/s1. The molecule has 27 heavy (non-hydrogen) atoms. The summed E-state index contributed by atoms with van der Waals surface area (Å²) in [6.07, 6.45) is -3.91. The number of halogens is 3. The molecule has 1 aromatic rings. The van der Waals surface area contributed by atoms with Crippen LogP contribution in [0.5, 0.6) is 11.5 Å². The molecule has 0 unspecified atom stereocenters. The summed E-state index contributed by atoms with van der Waals surface area (Å²) in [5.41, 5.74) is 0.120. The zero-order valence-electron chi connectivity index (χ0n) is 15.1. The third kappa shape index (κ3) is 4.84. The molecular weight excluding hydrogens is 367 g/mol. The molecule has 0 spiro atoms. The molecule has 9 heteroatoms. The van der Waals surface area contributed by atoms with Crippen LogP contribution in [0.25, 0.3) is 0 Å². The number of carbonyl (C=O) groups is 2. The predicted molar refractivity (Wildman–Crippen MR) is 90.0 cm³/mol. The lowest BCUT2D eigenvalue weighted by Gasteiger charge is -2.19. The van der Waals surface area contributed by atoms with Gasteiger partial charge in [-0.1, -0.05) is 6.92 Å². The average molecular weight is 389 g/mol. The average Bonchev–Trinajstić information content (AvgIpc) is 3.06. The van der Waals surface area contributed by atoms with Crippen LogP contribution in [0.1, 0.15) is 30.6 Å². The van der Waals surface area contributed by atoms with Crippen LogP contribution in [0.3, 0.4) is 0 Å². The smallest absolute Gasteiger partial charge is 0.394 e. The van der Waals surface area contributed by atoms with Crippen molar-refractivity contribution in [2.24, 2.45) is 11.8 Å². The van der Waals surface area contributed by atoms with Crippen molar-refractivity contribution in [2.45, 2.75) is 26.4 Å². The van der Waals surface area contributed by atoms with Crippen LogP contribution in [0.2, 0.25) is 0 Å². The van der Waals surface area contributed by atoms with Crippen molar-refractivity contribution in [3.05, 3.63) is 23.8 Å². The van der Waals surface area contributed by atoms with E-state index in [4.69, 9.17) is 14.6 Å². The van der Waals surface area contributed by atoms with Gasteiger partial charge in [-0.3, -0.25) is 9.59 Å². The second-order valence-electron chi connectivity index (χ2n) is 6.25. The highest BCUT2D eigenvalue weighted by Crippen LogP contribution is 2.38. The van der Waals surface area contributed by atoms with Gasteiger partial charge < -0.3 is 19.5 Å².